The molecule has 1 aliphatic rings. The monoisotopic (exact) mass is 1920 g/mol. The summed E-state index contributed by atoms with van der Waals surface area (Å²) in [6.45, 7) is 4.66. The first-order valence-corrected chi connectivity index (χ1v) is 51.3. The van der Waals surface area contributed by atoms with Crippen LogP contribution in [0.2, 0.25) is 0 Å². The molecule has 0 fully saturated rings. The SMILES string of the molecule is CC1(C)c2ccccc2-c2ccc(-c3nc4c(ccc5ccc6cc(-c7nc(-c8ccccc8)nc(-c8ccccc8)n7)ccc6c54)s3)cc21.c1ccc(-c2cc(-c3ccccc3)nc(-c3ccc4c(ccc5ccc6sc(-c7ccc8ccccc8c7)nc6c54)c3)n2)cc1.c1ccc(-c2ccc3ccc(-c4nc5c(ccc6ccc7cc(-c8nc(-c9ccccc9)nc(-c9ccccc9)n8)ccc7c65)s4)cc3c2)cc1. The highest BCUT2D eigenvalue weighted by Gasteiger charge is 2.36. The fraction of sp³-hybridized carbons (Fsp3) is 0.0227. The second kappa shape index (κ2) is 36.3. The van der Waals surface area contributed by atoms with Crippen LogP contribution in [0.1, 0.15) is 25.0 Å². The summed E-state index contributed by atoms with van der Waals surface area (Å²) < 4.78 is 3.54. The zero-order chi connectivity index (χ0) is 96.9. The summed E-state index contributed by atoms with van der Waals surface area (Å²) in [4.78, 5) is 55.6. The van der Waals surface area contributed by atoms with Crippen molar-refractivity contribution >= 4 is 151 Å². The second-order valence-corrected chi connectivity index (χ2v) is 40.6. The molecule has 0 bridgehead atoms. The van der Waals surface area contributed by atoms with Gasteiger partial charge in [-0.3, -0.25) is 0 Å². The lowest BCUT2D eigenvalue weighted by Crippen LogP contribution is -2.14. The molecule has 0 unspecified atom stereocenters. The first kappa shape index (κ1) is 86.8. The second-order valence-electron chi connectivity index (χ2n) is 37.5. The summed E-state index contributed by atoms with van der Waals surface area (Å²) in [6.07, 6.45) is 0. The molecule has 146 heavy (non-hydrogen) atoms. The molecule has 0 saturated carbocycles. The van der Waals surface area contributed by atoms with Crippen LogP contribution < -0.4 is 0 Å². The van der Waals surface area contributed by atoms with Gasteiger partial charge in [0.2, 0.25) is 0 Å². The number of thiazole rings is 3. The van der Waals surface area contributed by atoms with Crippen LogP contribution in [0.5, 0.6) is 0 Å². The lowest BCUT2D eigenvalue weighted by Gasteiger charge is -2.21. The minimum Gasteiger partial charge on any atom is -0.235 e. The Bertz CT molecular complexity index is 9870. The molecule has 22 aromatic carbocycles. The van der Waals surface area contributed by atoms with E-state index in [9.17, 15) is 0 Å². The molecule has 0 amide bonds. The van der Waals surface area contributed by atoms with E-state index in [1.54, 1.807) is 34.0 Å². The van der Waals surface area contributed by atoms with Gasteiger partial charge < -0.3 is 0 Å². The third-order valence-corrected chi connectivity index (χ3v) is 31.3. The quantitative estimate of drug-likeness (QED) is 0.102. The Balaban J connectivity index is 0.000000109. The summed E-state index contributed by atoms with van der Waals surface area (Å²) in [5.41, 5.74) is 25.0. The topological polar surface area (TPSA) is 142 Å². The molecule has 6 aromatic heterocycles. The lowest BCUT2D eigenvalue weighted by atomic mass is 9.82. The molecule has 684 valence electrons. The summed E-state index contributed by atoms with van der Waals surface area (Å²) >= 11 is 5.26. The van der Waals surface area contributed by atoms with Crippen molar-refractivity contribution in [3.8, 4) is 156 Å². The van der Waals surface area contributed by atoms with Crippen LogP contribution in [0.4, 0.5) is 0 Å². The van der Waals surface area contributed by atoms with Gasteiger partial charge in [0.25, 0.3) is 0 Å². The van der Waals surface area contributed by atoms with Gasteiger partial charge in [-0.15, -0.1) is 34.0 Å². The molecule has 0 aliphatic heterocycles. The molecule has 0 saturated heterocycles. The van der Waals surface area contributed by atoms with E-state index in [0.29, 0.717) is 40.8 Å². The van der Waals surface area contributed by atoms with Gasteiger partial charge in [0, 0.05) is 88.3 Å². The van der Waals surface area contributed by atoms with Crippen LogP contribution in [0.3, 0.4) is 0 Å². The van der Waals surface area contributed by atoms with Crippen molar-refractivity contribution in [2.75, 3.05) is 0 Å². The smallest absolute Gasteiger partial charge is 0.164 e. The van der Waals surface area contributed by atoms with Gasteiger partial charge in [-0.25, -0.2) is 54.8 Å². The molecule has 0 N–H and O–H groups in total. The number of rotatable bonds is 13. The summed E-state index contributed by atoms with van der Waals surface area (Å²) in [5, 5.41) is 21.9. The van der Waals surface area contributed by atoms with Crippen LogP contribution in [0.15, 0.2) is 467 Å². The van der Waals surface area contributed by atoms with Gasteiger partial charge in [0.05, 0.1) is 42.0 Å². The number of fused-ring (bicyclic) bond motifs is 20. The largest absolute Gasteiger partial charge is 0.235 e. The third kappa shape index (κ3) is 16.1. The van der Waals surface area contributed by atoms with Gasteiger partial charge in [0.1, 0.15) is 15.0 Å². The maximum atomic E-state index is 5.34. The molecule has 6 heterocycles. The molecule has 11 nitrogen and oxygen atoms in total. The zero-order valence-corrected chi connectivity index (χ0v) is 81.5. The molecular weight excluding hydrogens is 1840 g/mol. The minimum absolute atomic E-state index is 0.0541. The van der Waals surface area contributed by atoms with Crippen molar-refractivity contribution in [1.82, 2.24) is 54.8 Å². The van der Waals surface area contributed by atoms with Crippen molar-refractivity contribution in [3.63, 3.8) is 0 Å². The highest BCUT2D eigenvalue weighted by atomic mass is 32.1. The Morgan fingerprint density at radius 1 is 0.164 bits per heavy atom. The Morgan fingerprint density at radius 3 is 0.849 bits per heavy atom. The van der Waals surface area contributed by atoms with Crippen molar-refractivity contribution < 1.29 is 0 Å². The number of benzene rings is 22. The maximum Gasteiger partial charge on any atom is 0.164 e. The van der Waals surface area contributed by atoms with Crippen molar-refractivity contribution in [2.45, 2.75) is 19.3 Å². The van der Waals surface area contributed by atoms with Crippen molar-refractivity contribution in [3.05, 3.63) is 478 Å². The molecular formula is C132H83N11S3. The first-order valence-electron chi connectivity index (χ1n) is 48.9. The van der Waals surface area contributed by atoms with Crippen LogP contribution >= 0.6 is 34.0 Å². The van der Waals surface area contributed by atoms with E-state index in [4.69, 9.17) is 54.8 Å². The van der Waals surface area contributed by atoms with Gasteiger partial charge in [-0.2, -0.15) is 0 Å². The fourth-order valence-electron chi connectivity index (χ4n) is 20.7. The third-order valence-electron chi connectivity index (χ3n) is 28.1. The predicted octanol–water partition coefficient (Wildman–Crippen LogP) is 35.3. The van der Waals surface area contributed by atoms with E-state index in [1.165, 1.54) is 112 Å². The minimum atomic E-state index is -0.0541. The van der Waals surface area contributed by atoms with Gasteiger partial charge in [0.15, 0.2) is 40.8 Å². The molecule has 1 aliphatic carbocycles. The van der Waals surface area contributed by atoms with E-state index in [2.05, 4.69) is 323 Å². The van der Waals surface area contributed by atoms with Crippen molar-refractivity contribution in [2.24, 2.45) is 0 Å². The lowest BCUT2D eigenvalue weighted by molar-refractivity contribution is 0.660. The summed E-state index contributed by atoms with van der Waals surface area (Å²) in [6, 6.07) is 164. The normalized spacial score (nSPS) is 12.1. The van der Waals surface area contributed by atoms with E-state index < -0.39 is 0 Å². The number of hydrogen-bond acceptors (Lipinski definition) is 14. The fourth-order valence-corrected chi connectivity index (χ4v) is 23.6. The Morgan fingerprint density at radius 2 is 0.438 bits per heavy atom. The van der Waals surface area contributed by atoms with E-state index in [1.807, 2.05) is 158 Å². The van der Waals surface area contributed by atoms with Crippen LogP contribution in [-0.2, 0) is 5.41 Å². The van der Waals surface area contributed by atoms with Crippen LogP contribution in [0.25, 0.3) is 273 Å². The Kier molecular flexibility index (Phi) is 21.6. The zero-order valence-electron chi connectivity index (χ0n) is 79.1. The van der Waals surface area contributed by atoms with E-state index >= 15 is 0 Å². The number of hydrogen-bond donors (Lipinski definition) is 0. The molecule has 28 aromatic rings. The first-order chi connectivity index (χ1) is 72.0. The molecule has 0 radical (unpaired) electrons. The highest BCUT2D eigenvalue weighted by Crippen LogP contribution is 2.52. The number of nitrogens with zero attached hydrogens (tertiary/aromatic N) is 11. The van der Waals surface area contributed by atoms with Crippen molar-refractivity contribution in [1.29, 1.82) is 0 Å². The average molecular weight is 1920 g/mol. The average Bonchev–Trinajstić information content (AvgIpc) is 1.56. The molecule has 0 spiro atoms. The Labute approximate surface area is 852 Å². The molecule has 29 rings (SSSR count). The summed E-state index contributed by atoms with van der Waals surface area (Å²) in [7, 11) is 0. The standard InChI is InChI=1S/C46H28N4S.C45H30N4S.C41H25N3S/c1-4-10-29(11-5-1)34-19-16-30-17-21-37(28-38(30)26-34)46-47-42-40(51-46)25-23-31-18-20-35-27-36(22-24-39(35)41(31)42)45-49-43(32-12-6-2-7-13-32)48-44(50-45)33-14-8-3-9-15-33;1-45(2)36-16-10-9-15-34(36)35-23-20-32(26-37(35)45)44-46-40-38(50-44)24-21-27-17-18-30-25-31(19-22-33(30)39(27)40)43-48-41(28-11-5-3-6-12-28)47-42(49-43)29-13-7-4-8-14-29;1-3-10-27(11-4-1)35-25-36(28-12-5-2-6-13-28)43-40(42-35)32-19-21-34-31(24-32)17-16-29-20-22-37-39(38(29)34)44-41(45-37)33-18-15-26-9-7-8-14-30(26)23-33/h1-28H;3-26H,1-2H3;1-25H. The predicted molar refractivity (Wildman–Crippen MR) is 610 cm³/mol. The van der Waals surface area contributed by atoms with Gasteiger partial charge in [-0.1, -0.05) is 414 Å². The van der Waals surface area contributed by atoms with Crippen LogP contribution in [-0.4, -0.2) is 54.8 Å². The van der Waals surface area contributed by atoms with Gasteiger partial charge >= 0.3 is 0 Å². The molecule has 0 atom stereocenters. The summed E-state index contributed by atoms with van der Waals surface area (Å²) in [5.74, 6) is 4.62. The number of aromatic nitrogens is 11. The van der Waals surface area contributed by atoms with E-state index in [0.717, 1.165) is 131 Å². The highest BCUT2D eigenvalue weighted by molar-refractivity contribution is 7.22. The van der Waals surface area contributed by atoms with E-state index in [-0.39, 0.29) is 5.41 Å². The van der Waals surface area contributed by atoms with Gasteiger partial charge in [-0.05, 0) is 170 Å². The Hall–Kier alpha value is -18.3. The molecule has 14 heteroatoms. The maximum absolute atomic E-state index is 5.34. The van der Waals surface area contributed by atoms with Crippen LogP contribution in [0, 0.1) is 0 Å².